The highest BCUT2D eigenvalue weighted by molar-refractivity contribution is 5.86. The molecule has 0 aliphatic heterocycles. The quantitative estimate of drug-likeness (QED) is 0.481. The number of quaternary nitrogens is 1. The van der Waals surface area contributed by atoms with Gasteiger partial charge in [0.05, 0.1) is 40.3 Å². The molecule has 8 heteroatoms. The lowest BCUT2D eigenvalue weighted by molar-refractivity contribution is -0.870. The number of hydrogen-bond acceptors (Lipinski definition) is 6. The van der Waals surface area contributed by atoms with E-state index in [2.05, 4.69) is 36.1 Å². The van der Waals surface area contributed by atoms with Crippen LogP contribution in [0.4, 0.5) is 5.95 Å². The van der Waals surface area contributed by atoms with E-state index in [0.717, 1.165) is 16.7 Å². The summed E-state index contributed by atoms with van der Waals surface area (Å²) in [7, 11) is 10.2. The van der Waals surface area contributed by atoms with Crippen LogP contribution in [0.15, 0.2) is 29.1 Å². The number of furan rings is 1. The van der Waals surface area contributed by atoms with Crippen LogP contribution < -0.4 is 4.90 Å². The number of likely N-dealkylation sites (N-methyl/N-ethyl adjacent to an activating group) is 1. The average Bonchev–Trinajstić information content (AvgIpc) is 3.19. The molecule has 0 fully saturated rings. The van der Waals surface area contributed by atoms with E-state index in [-0.39, 0.29) is 0 Å². The lowest BCUT2D eigenvalue weighted by Gasteiger charge is -2.23. The molecule has 0 atom stereocenters. The van der Waals surface area contributed by atoms with Crippen LogP contribution in [0.1, 0.15) is 0 Å². The predicted molar refractivity (Wildman–Crippen MR) is 96.2 cm³/mol. The second-order valence-electron chi connectivity index (χ2n) is 7.18. The van der Waals surface area contributed by atoms with Gasteiger partial charge in [-0.3, -0.25) is 4.57 Å². The summed E-state index contributed by atoms with van der Waals surface area (Å²) in [5.74, 6) is 1.28. The number of fused-ring (bicyclic) bond motifs is 1. The molecule has 0 bridgehead atoms. The molecule has 0 radical (unpaired) electrons. The molecular weight excluding hydrogens is 320 g/mol. The summed E-state index contributed by atoms with van der Waals surface area (Å²) in [5, 5.41) is 0. The number of anilines is 1. The Morgan fingerprint density at radius 2 is 2.04 bits per heavy atom. The molecule has 0 aliphatic rings. The zero-order chi connectivity index (χ0) is 18.0. The lowest BCUT2D eigenvalue weighted by Crippen LogP contribution is -2.37. The van der Waals surface area contributed by atoms with Crippen molar-refractivity contribution in [2.24, 2.45) is 0 Å². The van der Waals surface area contributed by atoms with Crippen LogP contribution in [-0.4, -0.2) is 72.4 Å². The minimum Gasteiger partial charge on any atom is -0.463 e. The highest BCUT2D eigenvalue weighted by Crippen LogP contribution is 2.27. The van der Waals surface area contributed by atoms with Crippen LogP contribution in [-0.2, 0) is 11.5 Å². The number of hydrogen-bond donors (Lipinski definition) is 0. The van der Waals surface area contributed by atoms with Gasteiger partial charge in [-0.1, -0.05) is 0 Å². The van der Waals surface area contributed by atoms with E-state index in [9.17, 15) is 0 Å². The Morgan fingerprint density at radius 3 is 2.68 bits per heavy atom. The zero-order valence-corrected chi connectivity index (χ0v) is 15.4. The molecule has 0 aromatic carbocycles. The van der Waals surface area contributed by atoms with Crippen LogP contribution >= 0.6 is 0 Å². The minimum absolute atomic E-state index is 0.401. The number of aromatic nitrogens is 4. The first-order valence-corrected chi connectivity index (χ1v) is 8.17. The molecule has 3 aromatic heterocycles. The smallest absolute Gasteiger partial charge is 0.227 e. The fourth-order valence-electron chi connectivity index (χ4n) is 2.31. The van der Waals surface area contributed by atoms with Gasteiger partial charge in [0.15, 0.2) is 11.4 Å². The normalized spacial score (nSPS) is 12.0. The maximum absolute atomic E-state index is 5.80. The summed E-state index contributed by atoms with van der Waals surface area (Å²) >= 11 is 0. The number of nitrogens with zero attached hydrogens (tertiary/aromatic N) is 6. The van der Waals surface area contributed by atoms with E-state index in [1.807, 2.05) is 35.7 Å². The first kappa shape index (κ1) is 17.4. The molecule has 3 aromatic rings. The van der Waals surface area contributed by atoms with Crippen LogP contribution in [0.25, 0.3) is 22.6 Å². The van der Waals surface area contributed by atoms with Gasteiger partial charge in [-0.25, -0.2) is 9.97 Å². The summed E-state index contributed by atoms with van der Waals surface area (Å²) in [6, 6.07) is 3.71. The van der Waals surface area contributed by atoms with Gasteiger partial charge in [0.1, 0.15) is 24.5 Å². The molecule has 134 valence electrons. The van der Waals surface area contributed by atoms with Gasteiger partial charge in [-0.2, -0.15) is 4.98 Å². The zero-order valence-electron chi connectivity index (χ0n) is 15.4. The van der Waals surface area contributed by atoms with Crippen molar-refractivity contribution < 1.29 is 13.6 Å². The van der Waals surface area contributed by atoms with E-state index in [0.29, 0.717) is 36.3 Å². The molecule has 3 heterocycles. The molecule has 25 heavy (non-hydrogen) atoms. The summed E-state index contributed by atoms with van der Waals surface area (Å²) < 4.78 is 14.1. The van der Waals surface area contributed by atoms with Crippen molar-refractivity contribution >= 4 is 17.1 Å². The van der Waals surface area contributed by atoms with Gasteiger partial charge in [0, 0.05) is 14.1 Å². The number of rotatable bonds is 7. The van der Waals surface area contributed by atoms with Crippen LogP contribution in [0.3, 0.4) is 0 Å². The van der Waals surface area contributed by atoms with E-state index >= 15 is 0 Å². The highest BCUT2D eigenvalue weighted by Gasteiger charge is 2.17. The molecule has 0 N–H and O–H groups in total. The van der Waals surface area contributed by atoms with Gasteiger partial charge in [0.2, 0.25) is 5.95 Å². The topological polar surface area (TPSA) is 69.2 Å². The molecule has 3 rings (SSSR count). The van der Waals surface area contributed by atoms with Crippen LogP contribution in [0, 0.1) is 0 Å². The van der Waals surface area contributed by atoms with Gasteiger partial charge in [-0.15, -0.1) is 0 Å². The summed E-state index contributed by atoms with van der Waals surface area (Å²) in [6.45, 7) is 2.00. The Morgan fingerprint density at radius 1 is 1.24 bits per heavy atom. The van der Waals surface area contributed by atoms with Gasteiger partial charge < -0.3 is 18.5 Å². The monoisotopic (exact) mass is 345 g/mol. The standard InChI is InChI=1S/C17H25N6O2/c1-21(2)17-19-14(13-7-6-9-25-13)15-16(20-17)22(11-18-15)12-24-10-8-23(3,4)5/h6-7,9,11H,8,10,12H2,1-5H3/q+1. The molecular formula is C17H25N6O2+. The Balaban J connectivity index is 1.91. The average molecular weight is 345 g/mol. The third-order valence-corrected chi connectivity index (χ3v) is 3.74. The Labute approximate surface area is 147 Å². The van der Waals surface area contributed by atoms with Crippen LogP contribution in [0.5, 0.6) is 0 Å². The summed E-state index contributed by atoms with van der Waals surface area (Å²) in [4.78, 5) is 15.5. The molecule has 0 unspecified atom stereocenters. The summed E-state index contributed by atoms with van der Waals surface area (Å²) in [6.07, 6.45) is 3.36. The van der Waals surface area contributed by atoms with Crippen molar-refractivity contribution in [3.05, 3.63) is 24.7 Å². The van der Waals surface area contributed by atoms with Crippen molar-refractivity contribution in [3.63, 3.8) is 0 Å². The van der Waals surface area contributed by atoms with Crippen molar-refractivity contribution in [1.29, 1.82) is 0 Å². The first-order chi connectivity index (χ1) is 11.8. The van der Waals surface area contributed by atoms with Crippen molar-refractivity contribution in [2.45, 2.75) is 6.73 Å². The third-order valence-electron chi connectivity index (χ3n) is 3.74. The predicted octanol–water partition coefficient (Wildman–Crippen LogP) is 1.83. The fourth-order valence-corrected chi connectivity index (χ4v) is 2.31. The second kappa shape index (κ2) is 6.81. The molecule has 0 saturated carbocycles. The Bertz CT molecular complexity index is 833. The van der Waals surface area contributed by atoms with Gasteiger partial charge >= 0.3 is 0 Å². The van der Waals surface area contributed by atoms with Gasteiger partial charge in [0.25, 0.3) is 0 Å². The molecule has 0 aliphatic carbocycles. The number of imidazole rings is 1. The first-order valence-electron chi connectivity index (χ1n) is 8.17. The number of ether oxygens (including phenoxy) is 1. The maximum atomic E-state index is 5.80. The van der Waals surface area contributed by atoms with E-state index in [4.69, 9.17) is 9.15 Å². The third kappa shape index (κ3) is 3.97. The maximum Gasteiger partial charge on any atom is 0.227 e. The molecule has 0 amide bonds. The van der Waals surface area contributed by atoms with E-state index < -0.39 is 0 Å². The highest BCUT2D eigenvalue weighted by atomic mass is 16.5. The Hall–Kier alpha value is -2.45. The molecule has 0 spiro atoms. The fraction of sp³-hybridized carbons (Fsp3) is 0.471. The van der Waals surface area contributed by atoms with Crippen molar-refractivity contribution in [3.8, 4) is 11.5 Å². The lowest BCUT2D eigenvalue weighted by atomic mass is 10.3. The molecule has 0 saturated heterocycles. The largest absolute Gasteiger partial charge is 0.463 e. The molecule has 8 nitrogen and oxygen atoms in total. The SMILES string of the molecule is CN(C)c1nc(-c2ccco2)c2ncn(COCC[N+](C)(C)C)c2n1. The summed E-state index contributed by atoms with van der Waals surface area (Å²) in [5.41, 5.74) is 2.12. The van der Waals surface area contributed by atoms with Gasteiger partial charge in [-0.05, 0) is 12.1 Å². The van der Waals surface area contributed by atoms with Crippen LogP contribution in [0.2, 0.25) is 0 Å². The Kier molecular flexibility index (Phi) is 4.73. The van der Waals surface area contributed by atoms with Crippen molar-refractivity contribution in [2.75, 3.05) is 53.3 Å². The minimum atomic E-state index is 0.401. The van der Waals surface area contributed by atoms with Crippen molar-refractivity contribution in [1.82, 2.24) is 19.5 Å². The van der Waals surface area contributed by atoms with E-state index in [1.54, 1.807) is 12.6 Å². The second-order valence-corrected chi connectivity index (χ2v) is 7.18. The van der Waals surface area contributed by atoms with E-state index in [1.165, 1.54) is 0 Å².